The molecule has 0 bridgehead atoms. The van der Waals surface area contributed by atoms with E-state index in [0.29, 0.717) is 17.1 Å². The summed E-state index contributed by atoms with van der Waals surface area (Å²) in [5.74, 6) is 0.153. The number of hydrogen-bond donors (Lipinski definition) is 3. The molecule has 3 rings (SSSR count). The molecule has 6 nitrogen and oxygen atoms in total. The standard InChI is InChI=1S/C17H15N5O/c18-16-6-1-12(11-20-16)17(23)22-14-4-2-13(3-5-14)21-15-7-9-19-10-8-15/h1-11H,(H2,18,20)(H,19,21)(H,22,23). The fraction of sp³-hybridized carbons (Fsp3) is 0. The highest BCUT2D eigenvalue weighted by Crippen LogP contribution is 2.18. The number of anilines is 4. The van der Waals surface area contributed by atoms with Crippen molar-refractivity contribution in [3.05, 3.63) is 72.7 Å². The molecule has 23 heavy (non-hydrogen) atoms. The minimum Gasteiger partial charge on any atom is -0.384 e. The van der Waals surface area contributed by atoms with Crippen LogP contribution in [-0.2, 0) is 0 Å². The quantitative estimate of drug-likeness (QED) is 0.689. The average molecular weight is 305 g/mol. The third-order valence-electron chi connectivity index (χ3n) is 3.16. The topological polar surface area (TPSA) is 92.9 Å². The maximum absolute atomic E-state index is 12.1. The van der Waals surface area contributed by atoms with Gasteiger partial charge in [-0.1, -0.05) is 0 Å². The van der Waals surface area contributed by atoms with Crippen molar-refractivity contribution in [3.63, 3.8) is 0 Å². The maximum atomic E-state index is 12.1. The summed E-state index contributed by atoms with van der Waals surface area (Å²) in [7, 11) is 0. The molecule has 1 amide bonds. The van der Waals surface area contributed by atoms with Crippen LogP contribution in [0.1, 0.15) is 10.4 Å². The highest BCUT2D eigenvalue weighted by molar-refractivity contribution is 6.04. The van der Waals surface area contributed by atoms with Crippen LogP contribution in [0.3, 0.4) is 0 Å². The molecule has 4 N–H and O–H groups in total. The lowest BCUT2D eigenvalue weighted by molar-refractivity contribution is 0.102. The zero-order valence-corrected chi connectivity index (χ0v) is 12.2. The molecule has 1 aromatic carbocycles. The van der Waals surface area contributed by atoms with Crippen LogP contribution >= 0.6 is 0 Å². The Kier molecular flexibility index (Phi) is 4.15. The Morgan fingerprint density at radius 3 is 2.17 bits per heavy atom. The summed E-state index contributed by atoms with van der Waals surface area (Å²) >= 11 is 0. The Morgan fingerprint density at radius 1 is 0.870 bits per heavy atom. The lowest BCUT2D eigenvalue weighted by Gasteiger charge is -2.08. The van der Waals surface area contributed by atoms with Crippen LogP contribution in [0.2, 0.25) is 0 Å². The summed E-state index contributed by atoms with van der Waals surface area (Å²) in [5, 5.41) is 6.06. The molecule has 0 saturated carbocycles. The Bertz CT molecular complexity index is 785. The van der Waals surface area contributed by atoms with Gasteiger partial charge >= 0.3 is 0 Å². The number of hydrogen-bond acceptors (Lipinski definition) is 5. The number of nitrogens with zero attached hydrogens (tertiary/aromatic N) is 2. The van der Waals surface area contributed by atoms with Gasteiger partial charge in [0.1, 0.15) is 5.82 Å². The molecular formula is C17H15N5O. The van der Waals surface area contributed by atoms with Crippen LogP contribution in [0.5, 0.6) is 0 Å². The number of rotatable bonds is 4. The molecule has 0 unspecified atom stereocenters. The lowest BCUT2D eigenvalue weighted by atomic mass is 10.2. The van der Waals surface area contributed by atoms with Gasteiger partial charge in [0.15, 0.2) is 0 Å². The van der Waals surface area contributed by atoms with Crippen molar-refractivity contribution in [1.82, 2.24) is 9.97 Å². The molecule has 0 fully saturated rings. The predicted octanol–water partition coefficient (Wildman–Crippen LogP) is 3.05. The highest BCUT2D eigenvalue weighted by Gasteiger charge is 2.06. The largest absolute Gasteiger partial charge is 0.384 e. The first-order chi connectivity index (χ1) is 11.2. The molecule has 0 aliphatic carbocycles. The van der Waals surface area contributed by atoms with E-state index in [1.54, 1.807) is 24.5 Å². The normalized spacial score (nSPS) is 10.1. The second kappa shape index (κ2) is 6.57. The van der Waals surface area contributed by atoms with E-state index < -0.39 is 0 Å². The first-order valence-corrected chi connectivity index (χ1v) is 7.01. The van der Waals surface area contributed by atoms with Gasteiger partial charge in [-0.15, -0.1) is 0 Å². The molecule has 0 radical (unpaired) electrons. The van der Waals surface area contributed by atoms with E-state index in [9.17, 15) is 4.79 Å². The molecule has 2 heterocycles. The van der Waals surface area contributed by atoms with Crippen molar-refractivity contribution < 1.29 is 4.79 Å². The number of carbonyl (C=O) groups excluding carboxylic acids is 1. The van der Waals surface area contributed by atoms with Gasteiger partial charge in [0.2, 0.25) is 0 Å². The minimum atomic E-state index is -0.229. The van der Waals surface area contributed by atoms with E-state index in [1.165, 1.54) is 6.20 Å². The molecular weight excluding hydrogens is 290 g/mol. The summed E-state index contributed by atoms with van der Waals surface area (Å²) in [5.41, 5.74) is 8.53. The fourth-order valence-electron chi connectivity index (χ4n) is 1.98. The van der Waals surface area contributed by atoms with Gasteiger partial charge in [0.25, 0.3) is 5.91 Å². The van der Waals surface area contributed by atoms with Crippen molar-refractivity contribution in [3.8, 4) is 0 Å². The van der Waals surface area contributed by atoms with Gasteiger partial charge in [-0.05, 0) is 48.5 Å². The Labute approximate surface area is 133 Å². The summed E-state index contributed by atoms with van der Waals surface area (Å²) < 4.78 is 0. The average Bonchev–Trinajstić information content (AvgIpc) is 2.58. The second-order valence-electron chi connectivity index (χ2n) is 4.86. The molecule has 0 saturated heterocycles. The zero-order valence-electron chi connectivity index (χ0n) is 12.2. The number of amides is 1. The van der Waals surface area contributed by atoms with Crippen LogP contribution < -0.4 is 16.4 Å². The van der Waals surface area contributed by atoms with E-state index in [1.807, 2.05) is 36.4 Å². The third-order valence-corrected chi connectivity index (χ3v) is 3.16. The van der Waals surface area contributed by atoms with Crippen LogP contribution in [0.4, 0.5) is 22.9 Å². The number of nitrogens with one attached hydrogen (secondary N) is 2. The monoisotopic (exact) mass is 305 g/mol. The summed E-state index contributed by atoms with van der Waals surface area (Å²) in [6, 6.07) is 14.4. The van der Waals surface area contributed by atoms with Crippen LogP contribution in [0, 0.1) is 0 Å². The van der Waals surface area contributed by atoms with Crippen molar-refractivity contribution in [2.75, 3.05) is 16.4 Å². The first-order valence-electron chi connectivity index (χ1n) is 7.01. The van der Waals surface area contributed by atoms with E-state index in [4.69, 9.17) is 5.73 Å². The van der Waals surface area contributed by atoms with Crippen molar-refractivity contribution in [2.24, 2.45) is 0 Å². The van der Waals surface area contributed by atoms with Crippen molar-refractivity contribution in [1.29, 1.82) is 0 Å². The van der Waals surface area contributed by atoms with Gasteiger partial charge in [0, 0.05) is 35.7 Å². The Hall–Kier alpha value is -3.41. The summed E-state index contributed by atoms with van der Waals surface area (Å²) in [6.45, 7) is 0. The second-order valence-corrected chi connectivity index (χ2v) is 4.86. The fourth-order valence-corrected chi connectivity index (χ4v) is 1.98. The first kappa shape index (κ1) is 14.5. The van der Waals surface area contributed by atoms with Gasteiger partial charge in [-0.25, -0.2) is 4.98 Å². The Balaban J connectivity index is 1.65. The molecule has 3 aromatic rings. The molecule has 0 atom stereocenters. The number of nitrogen functional groups attached to an aromatic ring is 1. The van der Waals surface area contributed by atoms with E-state index in [2.05, 4.69) is 20.6 Å². The number of aromatic nitrogens is 2. The number of benzene rings is 1. The Morgan fingerprint density at radius 2 is 1.52 bits per heavy atom. The summed E-state index contributed by atoms with van der Waals surface area (Å²) in [6.07, 6.45) is 4.89. The molecule has 0 aliphatic rings. The highest BCUT2D eigenvalue weighted by atomic mass is 16.1. The molecule has 6 heteroatoms. The third kappa shape index (κ3) is 3.82. The van der Waals surface area contributed by atoms with E-state index >= 15 is 0 Å². The van der Waals surface area contributed by atoms with Gasteiger partial charge in [0.05, 0.1) is 5.56 Å². The van der Waals surface area contributed by atoms with Gasteiger partial charge < -0.3 is 16.4 Å². The van der Waals surface area contributed by atoms with Crippen LogP contribution in [-0.4, -0.2) is 15.9 Å². The lowest BCUT2D eigenvalue weighted by Crippen LogP contribution is -2.12. The van der Waals surface area contributed by atoms with Gasteiger partial charge in [-0.2, -0.15) is 0 Å². The molecule has 114 valence electrons. The number of carbonyl (C=O) groups is 1. The summed E-state index contributed by atoms with van der Waals surface area (Å²) in [4.78, 5) is 20.0. The minimum absolute atomic E-state index is 0.229. The smallest absolute Gasteiger partial charge is 0.257 e. The van der Waals surface area contributed by atoms with Crippen molar-refractivity contribution in [2.45, 2.75) is 0 Å². The zero-order chi connectivity index (χ0) is 16.1. The van der Waals surface area contributed by atoms with E-state index in [0.717, 1.165) is 11.4 Å². The molecule has 0 aliphatic heterocycles. The van der Waals surface area contributed by atoms with E-state index in [-0.39, 0.29) is 5.91 Å². The van der Waals surface area contributed by atoms with Crippen molar-refractivity contribution >= 4 is 28.8 Å². The predicted molar refractivity (Wildman–Crippen MR) is 90.6 cm³/mol. The molecule has 0 spiro atoms. The van der Waals surface area contributed by atoms with Crippen LogP contribution in [0.15, 0.2) is 67.1 Å². The number of nitrogens with two attached hydrogens (primary N) is 1. The van der Waals surface area contributed by atoms with Crippen LogP contribution in [0.25, 0.3) is 0 Å². The maximum Gasteiger partial charge on any atom is 0.257 e. The number of pyridine rings is 2. The van der Waals surface area contributed by atoms with Gasteiger partial charge in [-0.3, -0.25) is 9.78 Å². The molecule has 2 aromatic heterocycles. The SMILES string of the molecule is Nc1ccc(C(=O)Nc2ccc(Nc3ccncc3)cc2)cn1.